The lowest BCUT2D eigenvalue weighted by atomic mass is 10.2. The zero-order chi connectivity index (χ0) is 22.1. The maximum atomic E-state index is 12.2. The molecule has 0 unspecified atom stereocenters. The molecule has 0 saturated carbocycles. The predicted molar refractivity (Wildman–Crippen MR) is 120 cm³/mol. The summed E-state index contributed by atoms with van der Waals surface area (Å²) in [4.78, 5) is 24.4. The molecule has 7 heteroatoms. The first-order valence-electron chi connectivity index (χ1n) is 10.2. The highest BCUT2D eigenvalue weighted by Crippen LogP contribution is 2.16. The Labute approximate surface area is 181 Å². The number of carbonyl (C=O) groups excluding carboxylic acids is 2. The molecule has 1 aromatic heterocycles. The smallest absolute Gasteiger partial charge is 0.251 e. The van der Waals surface area contributed by atoms with E-state index in [1.54, 1.807) is 42.7 Å². The number of nitrogens with one attached hydrogen (secondary N) is 3. The van der Waals surface area contributed by atoms with Crippen molar-refractivity contribution >= 4 is 23.2 Å². The van der Waals surface area contributed by atoms with Gasteiger partial charge in [-0.25, -0.2) is 0 Å². The van der Waals surface area contributed by atoms with Crippen molar-refractivity contribution < 1.29 is 18.7 Å². The third kappa shape index (κ3) is 7.22. The first-order chi connectivity index (χ1) is 15.0. The third-order valence-corrected chi connectivity index (χ3v) is 4.32. The average Bonchev–Trinajstić information content (AvgIpc) is 3.29. The van der Waals surface area contributed by atoms with Gasteiger partial charge in [0, 0.05) is 16.9 Å². The Morgan fingerprint density at radius 2 is 1.68 bits per heavy atom. The summed E-state index contributed by atoms with van der Waals surface area (Å²) in [6, 6.07) is 17.8. The summed E-state index contributed by atoms with van der Waals surface area (Å²) in [5.41, 5.74) is 1.95. The van der Waals surface area contributed by atoms with Crippen LogP contribution in [0.1, 0.15) is 30.0 Å². The zero-order valence-corrected chi connectivity index (χ0v) is 17.7. The predicted octanol–water partition coefficient (Wildman–Crippen LogP) is 4.30. The summed E-state index contributed by atoms with van der Waals surface area (Å²) in [5.74, 6) is 1.55. The van der Waals surface area contributed by atoms with E-state index < -0.39 is 0 Å². The fourth-order valence-electron chi connectivity index (χ4n) is 2.71. The molecule has 2 aromatic carbocycles. The Kier molecular flexibility index (Phi) is 7.70. The van der Waals surface area contributed by atoms with Gasteiger partial charge in [0.1, 0.15) is 11.5 Å². The number of carbonyl (C=O) groups is 2. The van der Waals surface area contributed by atoms with Gasteiger partial charge < -0.3 is 25.1 Å². The highest BCUT2D eigenvalue weighted by atomic mass is 16.5. The molecule has 0 fully saturated rings. The molecule has 0 aliphatic rings. The second-order valence-corrected chi connectivity index (χ2v) is 7.47. The van der Waals surface area contributed by atoms with E-state index >= 15 is 0 Å². The molecule has 0 aliphatic heterocycles. The van der Waals surface area contributed by atoms with Crippen molar-refractivity contribution in [1.82, 2.24) is 5.32 Å². The van der Waals surface area contributed by atoms with Crippen molar-refractivity contribution in [2.75, 3.05) is 23.8 Å². The van der Waals surface area contributed by atoms with E-state index in [4.69, 9.17) is 9.15 Å². The number of amides is 2. The van der Waals surface area contributed by atoms with Crippen molar-refractivity contribution in [2.24, 2.45) is 5.92 Å². The van der Waals surface area contributed by atoms with Gasteiger partial charge in [-0.05, 0) is 66.6 Å². The topological polar surface area (TPSA) is 92.6 Å². The lowest BCUT2D eigenvalue weighted by Gasteiger charge is -2.11. The number of furan rings is 1. The third-order valence-electron chi connectivity index (χ3n) is 4.32. The van der Waals surface area contributed by atoms with Crippen LogP contribution >= 0.6 is 0 Å². The van der Waals surface area contributed by atoms with E-state index in [2.05, 4.69) is 29.8 Å². The van der Waals surface area contributed by atoms with Crippen LogP contribution in [-0.2, 0) is 11.3 Å². The van der Waals surface area contributed by atoms with Crippen molar-refractivity contribution in [3.05, 3.63) is 78.3 Å². The number of benzene rings is 2. The number of anilines is 2. The summed E-state index contributed by atoms with van der Waals surface area (Å²) < 4.78 is 10.8. The van der Waals surface area contributed by atoms with Crippen LogP contribution in [0.25, 0.3) is 0 Å². The van der Waals surface area contributed by atoms with Crippen LogP contribution in [0.2, 0.25) is 0 Å². The van der Waals surface area contributed by atoms with Gasteiger partial charge >= 0.3 is 0 Å². The summed E-state index contributed by atoms with van der Waals surface area (Å²) in [6.45, 7) is 5.30. The lowest BCUT2D eigenvalue weighted by Crippen LogP contribution is -2.23. The van der Waals surface area contributed by atoms with Gasteiger partial charge in [0.2, 0.25) is 5.91 Å². The molecule has 3 N–H and O–H groups in total. The van der Waals surface area contributed by atoms with E-state index in [1.165, 1.54) is 0 Å². The minimum absolute atomic E-state index is 0.123. The number of ether oxygens (including phenoxy) is 1. The van der Waals surface area contributed by atoms with Gasteiger partial charge in [0.25, 0.3) is 5.91 Å². The van der Waals surface area contributed by atoms with Crippen LogP contribution in [-0.4, -0.2) is 25.0 Å². The molecule has 3 rings (SSSR count). The summed E-state index contributed by atoms with van der Waals surface area (Å²) in [7, 11) is 0. The molecule has 2 amide bonds. The molecule has 0 bridgehead atoms. The monoisotopic (exact) mass is 421 g/mol. The van der Waals surface area contributed by atoms with E-state index in [0.29, 0.717) is 36.1 Å². The van der Waals surface area contributed by atoms with Crippen molar-refractivity contribution in [3.63, 3.8) is 0 Å². The summed E-state index contributed by atoms with van der Waals surface area (Å²) in [6.07, 6.45) is 1.56. The first-order valence-corrected chi connectivity index (χ1v) is 10.2. The van der Waals surface area contributed by atoms with Gasteiger partial charge in [0.15, 0.2) is 0 Å². The van der Waals surface area contributed by atoms with Gasteiger partial charge in [-0.1, -0.05) is 13.8 Å². The molecule has 0 aliphatic carbocycles. The number of hydrogen-bond donors (Lipinski definition) is 3. The Morgan fingerprint density at radius 1 is 0.968 bits per heavy atom. The van der Waals surface area contributed by atoms with Crippen molar-refractivity contribution in [1.29, 1.82) is 0 Å². The normalized spacial score (nSPS) is 10.5. The van der Waals surface area contributed by atoms with Gasteiger partial charge in [-0.3, -0.25) is 9.59 Å². The molecule has 0 radical (unpaired) electrons. The SMILES string of the molecule is CC(C)COc1ccc(NCC(=O)Nc2ccc(C(=O)NCc3ccco3)cc2)cc1. The standard InChI is InChI=1S/C24H27N3O4/c1-17(2)16-31-21-11-9-19(10-12-21)25-15-23(28)27-20-7-5-18(6-8-20)24(29)26-14-22-4-3-13-30-22/h3-13,17,25H,14-16H2,1-2H3,(H,26,29)(H,27,28). The van der Waals surface area contributed by atoms with Crippen LogP contribution in [0.4, 0.5) is 11.4 Å². The van der Waals surface area contributed by atoms with Crippen LogP contribution in [0, 0.1) is 5.92 Å². The van der Waals surface area contributed by atoms with Gasteiger partial charge in [-0.15, -0.1) is 0 Å². The Morgan fingerprint density at radius 3 is 2.32 bits per heavy atom. The van der Waals surface area contributed by atoms with Crippen LogP contribution in [0.5, 0.6) is 5.75 Å². The summed E-state index contributed by atoms with van der Waals surface area (Å²) in [5, 5.41) is 8.66. The minimum Gasteiger partial charge on any atom is -0.493 e. The molecule has 0 saturated heterocycles. The molecule has 0 atom stereocenters. The molecule has 0 spiro atoms. The molecule has 7 nitrogen and oxygen atoms in total. The highest BCUT2D eigenvalue weighted by molar-refractivity contribution is 5.96. The molecular formula is C24H27N3O4. The minimum atomic E-state index is -0.211. The zero-order valence-electron chi connectivity index (χ0n) is 17.7. The van der Waals surface area contributed by atoms with E-state index in [0.717, 1.165) is 11.4 Å². The van der Waals surface area contributed by atoms with Crippen molar-refractivity contribution in [3.8, 4) is 5.75 Å². The fraction of sp³-hybridized carbons (Fsp3) is 0.250. The van der Waals surface area contributed by atoms with E-state index in [9.17, 15) is 9.59 Å². The first kappa shape index (κ1) is 22.0. The van der Waals surface area contributed by atoms with Crippen molar-refractivity contribution in [2.45, 2.75) is 20.4 Å². The van der Waals surface area contributed by atoms with Crippen LogP contribution in [0.3, 0.4) is 0 Å². The maximum Gasteiger partial charge on any atom is 0.251 e. The second-order valence-electron chi connectivity index (χ2n) is 7.47. The molecule has 3 aromatic rings. The van der Waals surface area contributed by atoms with Gasteiger partial charge in [0.05, 0.1) is 26.0 Å². The maximum absolute atomic E-state index is 12.2. The quantitative estimate of drug-likeness (QED) is 0.454. The molecular weight excluding hydrogens is 394 g/mol. The molecule has 162 valence electrons. The van der Waals surface area contributed by atoms with Crippen LogP contribution in [0.15, 0.2) is 71.3 Å². The molecule has 31 heavy (non-hydrogen) atoms. The fourth-order valence-corrected chi connectivity index (χ4v) is 2.71. The van der Waals surface area contributed by atoms with E-state index in [-0.39, 0.29) is 18.4 Å². The van der Waals surface area contributed by atoms with Crippen LogP contribution < -0.4 is 20.7 Å². The van der Waals surface area contributed by atoms with Gasteiger partial charge in [-0.2, -0.15) is 0 Å². The second kappa shape index (κ2) is 10.9. The Bertz CT molecular complexity index is 965. The largest absolute Gasteiger partial charge is 0.493 e. The number of rotatable bonds is 10. The van der Waals surface area contributed by atoms with E-state index in [1.807, 2.05) is 24.3 Å². The average molecular weight is 421 g/mol. The lowest BCUT2D eigenvalue weighted by molar-refractivity contribution is -0.114. The Hall–Kier alpha value is -3.74. The summed E-state index contributed by atoms with van der Waals surface area (Å²) >= 11 is 0. The number of hydrogen-bond acceptors (Lipinski definition) is 5. The molecule has 1 heterocycles. The highest BCUT2D eigenvalue weighted by Gasteiger charge is 2.08. The Balaban J connectivity index is 1.42.